The van der Waals surface area contributed by atoms with E-state index in [1.807, 2.05) is 31.7 Å². The van der Waals surface area contributed by atoms with E-state index in [0.29, 0.717) is 24.3 Å². The third-order valence-corrected chi connectivity index (χ3v) is 11.6. The standard InChI is InChI=1S/C28H42FN3O6Si/c1-18(33)30-15-21-17-32(26(35)36-21)20-10-11-22(23(29)14-20)19-12-13-31(16-19)24(25(34)37-27(2,3)4)38-39(8,9)28(5,6)7/h10-12,14,21,24H,13,15-17H2,1-9H3,(H,30,33)/t21-,24-/m0/s1. The Hall–Kier alpha value is -2.76. The SMILES string of the molecule is CC(=O)NC[C@H]1CN(c2ccc(C3=CCN([C@@H](O[Si](C)(C)C(C)(C)C)C(=O)OC(C)(C)C)C3)c(F)c2)C(=O)O1. The van der Waals surface area contributed by atoms with Gasteiger partial charge in [-0.2, -0.15) is 0 Å². The molecule has 1 aromatic carbocycles. The second-order valence-corrected chi connectivity index (χ2v) is 17.4. The first-order valence-corrected chi connectivity index (χ1v) is 16.1. The van der Waals surface area contributed by atoms with Crippen molar-refractivity contribution < 1.29 is 32.7 Å². The maximum atomic E-state index is 15.4. The monoisotopic (exact) mass is 563 g/mol. The molecule has 3 rings (SSSR count). The van der Waals surface area contributed by atoms with Crippen molar-refractivity contribution in [1.82, 2.24) is 10.2 Å². The summed E-state index contributed by atoms with van der Waals surface area (Å²) < 4.78 is 32.9. The third kappa shape index (κ3) is 7.67. The molecule has 9 nitrogen and oxygen atoms in total. The van der Waals surface area contributed by atoms with Crippen LogP contribution in [0.25, 0.3) is 5.57 Å². The molecule has 1 fully saturated rings. The summed E-state index contributed by atoms with van der Waals surface area (Å²) in [5.41, 5.74) is 0.801. The molecule has 1 N–H and O–H groups in total. The maximum absolute atomic E-state index is 15.4. The second-order valence-electron chi connectivity index (χ2n) is 12.6. The highest BCUT2D eigenvalue weighted by atomic mass is 28.4. The summed E-state index contributed by atoms with van der Waals surface area (Å²) in [6.45, 7) is 18.4. The smallest absolute Gasteiger partial charge is 0.414 e. The number of anilines is 1. The number of halogens is 1. The molecule has 0 spiro atoms. The Morgan fingerprint density at radius 2 is 1.87 bits per heavy atom. The van der Waals surface area contributed by atoms with Gasteiger partial charge in [0.25, 0.3) is 0 Å². The number of nitrogens with one attached hydrogen (secondary N) is 1. The second kappa shape index (κ2) is 11.4. The van der Waals surface area contributed by atoms with E-state index in [-0.39, 0.29) is 24.0 Å². The van der Waals surface area contributed by atoms with Crippen molar-refractivity contribution in [3.8, 4) is 0 Å². The van der Waals surface area contributed by atoms with Crippen LogP contribution in [0.15, 0.2) is 24.3 Å². The zero-order valence-corrected chi connectivity index (χ0v) is 25.5. The molecule has 1 saturated heterocycles. The van der Waals surface area contributed by atoms with Crippen LogP contribution in [0.5, 0.6) is 0 Å². The third-order valence-electron chi connectivity index (χ3n) is 7.16. The molecule has 0 unspecified atom stereocenters. The highest BCUT2D eigenvalue weighted by molar-refractivity contribution is 6.74. The van der Waals surface area contributed by atoms with Crippen LogP contribution >= 0.6 is 0 Å². The number of carbonyl (C=O) groups excluding carboxylic acids is 3. The van der Waals surface area contributed by atoms with Gasteiger partial charge < -0.3 is 19.2 Å². The van der Waals surface area contributed by atoms with Gasteiger partial charge in [0.2, 0.25) is 12.1 Å². The lowest BCUT2D eigenvalue weighted by molar-refractivity contribution is -0.173. The molecule has 0 aliphatic carbocycles. The van der Waals surface area contributed by atoms with Gasteiger partial charge in [0.05, 0.1) is 18.8 Å². The molecule has 0 saturated carbocycles. The lowest BCUT2D eigenvalue weighted by Crippen LogP contribution is -2.53. The van der Waals surface area contributed by atoms with E-state index in [1.54, 1.807) is 12.1 Å². The first-order chi connectivity index (χ1) is 17.9. The van der Waals surface area contributed by atoms with Crippen molar-refractivity contribution in [3.63, 3.8) is 0 Å². The lowest BCUT2D eigenvalue weighted by atomic mass is 10.1. The van der Waals surface area contributed by atoms with Gasteiger partial charge in [-0.05, 0) is 62.7 Å². The van der Waals surface area contributed by atoms with Crippen molar-refractivity contribution in [2.75, 3.05) is 31.1 Å². The molecule has 216 valence electrons. The summed E-state index contributed by atoms with van der Waals surface area (Å²) >= 11 is 0. The zero-order valence-electron chi connectivity index (χ0n) is 24.5. The number of ether oxygens (including phenoxy) is 2. The van der Waals surface area contributed by atoms with E-state index < -0.39 is 44.1 Å². The van der Waals surface area contributed by atoms with E-state index in [2.05, 4.69) is 39.2 Å². The summed E-state index contributed by atoms with van der Waals surface area (Å²) in [6, 6.07) is 4.60. The molecule has 11 heteroatoms. The number of hydrogen-bond acceptors (Lipinski definition) is 7. The van der Waals surface area contributed by atoms with Gasteiger partial charge in [-0.3, -0.25) is 14.6 Å². The molecule has 0 radical (unpaired) electrons. The number of nitrogens with zero attached hydrogens (tertiary/aromatic N) is 2. The number of carbonyl (C=O) groups is 3. The van der Waals surface area contributed by atoms with Crippen molar-refractivity contribution in [1.29, 1.82) is 0 Å². The topological polar surface area (TPSA) is 97.4 Å². The zero-order chi connectivity index (χ0) is 29.3. The van der Waals surface area contributed by atoms with E-state index in [1.165, 1.54) is 17.9 Å². The van der Waals surface area contributed by atoms with Gasteiger partial charge in [-0.1, -0.05) is 26.8 Å². The van der Waals surface area contributed by atoms with Crippen molar-refractivity contribution in [2.24, 2.45) is 0 Å². The highest BCUT2D eigenvalue weighted by Crippen LogP contribution is 2.39. The van der Waals surface area contributed by atoms with Gasteiger partial charge in [-0.15, -0.1) is 0 Å². The van der Waals surface area contributed by atoms with Crippen LogP contribution in [0, 0.1) is 5.82 Å². The summed E-state index contributed by atoms with van der Waals surface area (Å²) in [4.78, 5) is 40.0. The van der Waals surface area contributed by atoms with Crippen LogP contribution in [0.2, 0.25) is 18.1 Å². The van der Waals surface area contributed by atoms with Crippen LogP contribution in [-0.2, 0) is 23.5 Å². The normalized spacial score (nSPS) is 19.5. The maximum Gasteiger partial charge on any atom is 0.414 e. The van der Waals surface area contributed by atoms with Gasteiger partial charge in [0, 0.05) is 25.6 Å². The van der Waals surface area contributed by atoms with Crippen LogP contribution < -0.4 is 10.2 Å². The number of hydrogen-bond donors (Lipinski definition) is 1. The van der Waals surface area contributed by atoms with Crippen LogP contribution in [0.3, 0.4) is 0 Å². The van der Waals surface area contributed by atoms with Crippen LogP contribution in [0.1, 0.15) is 54.0 Å². The first kappa shape index (κ1) is 30.8. The Morgan fingerprint density at radius 1 is 1.21 bits per heavy atom. The molecule has 2 heterocycles. The quantitative estimate of drug-likeness (QED) is 0.362. The minimum Gasteiger partial charge on any atom is -0.457 e. The predicted octanol–water partition coefficient (Wildman–Crippen LogP) is 4.68. The number of amides is 2. The molecule has 0 bridgehead atoms. The average Bonchev–Trinajstić information content (AvgIpc) is 3.40. The number of benzene rings is 1. The summed E-state index contributed by atoms with van der Waals surface area (Å²) in [5.74, 6) is -1.17. The van der Waals surface area contributed by atoms with Crippen LogP contribution in [-0.4, -0.2) is 75.3 Å². The summed E-state index contributed by atoms with van der Waals surface area (Å²) in [7, 11) is -2.35. The number of rotatable bonds is 8. The Labute approximate surface area is 231 Å². The van der Waals surface area contributed by atoms with Gasteiger partial charge >= 0.3 is 12.1 Å². The molecule has 2 aliphatic heterocycles. The minimum atomic E-state index is -2.35. The molecular formula is C28H42FN3O6Si. The van der Waals surface area contributed by atoms with E-state index >= 15 is 4.39 Å². The van der Waals surface area contributed by atoms with Crippen molar-refractivity contribution in [2.45, 2.75) is 84.5 Å². The predicted molar refractivity (Wildman–Crippen MR) is 150 cm³/mol. The van der Waals surface area contributed by atoms with Gasteiger partial charge in [-0.25, -0.2) is 14.0 Å². The molecule has 39 heavy (non-hydrogen) atoms. The van der Waals surface area contributed by atoms with E-state index in [0.717, 1.165) is 5.57 Å². The number of cyclic esters (lactones) is 1. The Kier molecular flexibility index (Phi) is 8.98. The number of esters is 1. The van der Waals surface area contributed by atoms with Crippen LogP contribution in [0.4, 0.5) is 14.9 Å². The Balaban J connectivity index is 1.76. The Bertz CT molecular complexity index is 1140. The van der Waals surface area contributed by atoms with Crippen molar-refractivity contribution >= 4 is 37.5 Å². The summed E-state index contributed by atoms with van der Waals surface area (Å²) in [5, 5.41) is 2.50. The molecule has 2 amide bonds. The van der Waals surface area contributed by atoms with Gasteiger partial charge in [0.15, 0.2) is 8.32 Å². The lowest BCUT2D eigenvalue weighted by Gasteiger charge is -2.41. The Morgan fingerprint density at radius 3 is 2.44 bits per heavy atom. The average molecular weight is 564 g/mol. The van der Waals surface area contributed by atoms with E-state index in [4.69, 9.17) is 13.9 Å². The summed E-state index contributed by atoms with van der Waals surface area (Å²) in [6.07, 6.45) is -0.133. The fourth-order valence-corrected chi connectivity index (χ4v) is 5.21. The molecule has 0 aromatic heterocycles. The highest BCUT2D eigenvalue weighted by Gasteiger charge is 2.44. The minimum absolute atomic E-state index is 0.122. The fourth-order valence-electron chi connectivity index (χ4n) is 4.06. The molecule has 2 aliphatic rings. The fraction of sp³-hybridized carbons (Fsp3) is 0.607. The largest absolute Gasteiger partial charge is 0.457 e. The first-order valence-electron chi connectivity index (χ1n) is 13.2. The molecule has 2 atom stereocenters. The molecule has 1 aromatic rings. The van der Waals surface area contributed by atoms with Crippen molar-refractivity contribution in [3.05, 3.63) is 35.7 Å². The molecular weight excluding hydrogens is 521 g/mol. The van der Waals surface area contributed by atoms with Gasteiger partial charge in [0.1, 0.15) is 17.5 Å². The van der Waals surface area contributed by atoms with E-state index in [9.17, 15) is 14.4 Å².